The lowest BCUT2D eigenvalue weighted by Gasteiger charge is -2.57. The van der Waals surface area contributed by atoms with Gasteiger partial charge in [0.1, 0.15) is 0 Å². The lowest BCUT2D eigenvalue weighted by molar-refractivity contribution is -0.00516. The minimum atomic E-state index is 0.355. The normalized spacial score (nSPS) is 36.3. The molecule has 4 bridgehead atoms. The Kier molecular flexibility index (Phi) is 2.93. The maximum absolute atomic E-state index is 10.7. The first-order valence-electron chi connectivity index (χ1n) is 8.12. The molecule has 0 aliphatic heterocycles. The Balaban J connectivity index is 1.76. The van der Waals surface area contributed by atoms with E-state index in [2.05, 4.69) is 28.5 Å². The average Bonchev–Trinajstić information content (AvgIpc) is 2.46. The van der Waals surface area contributed by atoms with Crippen molar-refractivity contribution in [2.24, 2.45) is 22.7 Å². The number of aliphatic imine (C=N–C) groups is 1. The highest BCUT2D eigenvalue weighted by Crippen LogP contribution is 2.61. The average molecular weight is 282 g/mol. The van der Waals surface area contributed by atoms with E-state index < -0.39 is 0 Å². The SMILES string of the molecule is CNc1ccc(C23CC4CC(CC(C4)C2)C3)cc1N=C=O. The molecule has 4 aliphatic rings. The number of hydrogen-bond acceptors (Lipinski definition) is 3. The van der Waals surface area contributed by atoms with Crippen molar-refractivity contribution >= 4 is 17.5 Å². The van der Waals surface area contributed by atoms with Gasteiger partial charge in [0, 0.05) is 7.05 Å². The molecule has 0 atom stereocenters. The molecule has 0 spiro atoms. The summed E-state index contributed by atoms with van der Waals surface area (Å²) >= 11 is 0. The number of nitrogens with zero attached hydrogens (tertiary/aromatic N) is 1. The van der Waals surface area contributed by atoms with Crippen LogP contribution in [0.2, 0.25) is 0 Å². The molecule has 4 fully saturated rings. The number of benzene rings is 1. The molecule has 0 unspecified atom stereocenters. The van der Waals surface area contributed by atoms with Gasteiger partial charge in [-0.3, -0.25) is 0 Å². The fraction of sp³-hybridized carbons (Fsp3) is 0.611. The van der Waals surface area contributed by atoms with Crippen LogP contribution in [0, 0.1) is 17.8 Å². The number of carbonyl (C=O) groups excluding carboxylic acids is 1. The van der Waals surface area contributed by atoms with Gasteiger partial charge in [-0.2, -0.15) is 4.99 Å². The van der Waals surface area contributed by atoms with Crippen molar-refractivity contribution in [3.8, 4) is 0 Å². The van der Waals surface area contributed by atoms with E-state index in [-0.39, 0.29) is 0 Å². The molecule has 3 heteroatoms. The number of nitrogens with one attached hydrogen (secondary N) is 1. The third kappa shape index (κ3) is 2.03. The van der Waals surface area contributed by atoms with E-state index >= 15 is 0 Å². The zero-order chi connectivity index (χ0) is 14.4. The lowest BCUT2D eigenvalue weighted by atomic mass is 9.48. The molecule has 1 aromatic carbocycles. The highest BCUT2D eigenvalue weighted by Gasteiger charge is 2.51. The van der Waals surface area contributed by atoms with Gasteiger partial charge in [-0.15, -0.1) is 0 Å². The molecule has 1 aromatic rings. The molecule has 0 aromatic heterocycles. The monoisotopic (exact) mass is 282 g/mol. The Labute approximate surface area is 125 Å². The molecule has 5 rings (SSSR count). The van der Waals surface area contributed by atoms with Crippen molar-refractivity contribution in [3.05, 3.63) is 23.8 Å². The number of rotatable bonds is 3. The molecule has 0 radical (unpaired) electrons. The first-order chi connectivity index (χ1) is 10.2. The number of hydrogen-bond donors (Lipinski definition) is 1. The van der Waals surface area contributed by atoms with Crippen molar-refractivity contribution in [2.45, 2.75) is 43.9 Å². The van der Waals surface area contributed by atoms with Crippen LogP contribution in [-0.2, 0) is 10.2 Å². The molecule has 4 saturated carbocycles. The largest absolute Gasteiger partial charge is 0.386 e. The van der Waals surface area contributed by atoms with Crippen molar-refractivity contribution in [1.82, 2.24) is 0 Å². The van der Waals surface area contributed by atoms with Crippen LogP contribution >= 0.6 is 0 Å². The second-order valence-corrected chi connectivity index (χ2v) is 7.38. The predicted molar refractivity (Wildman–Crippen MR) is 83.6 cm³/mol. The molecule has 4 aliphatic carbocycles. The van der Waals surface area contributed by atoms with Crippen LogP contribution in [-0.4, -0.2) is 13.1 Å². The van der Waals surface area contributed by atoms with Crippen LogP contribution in [0.5, 0.6) is 0 Å². The van der Waals surface area contributed by atoms with Crippen LogP contribution in [0.3, 0.4) is 0 Å². The van der Waals surface area contributed by atoms with E-state index in [1.165, 1.54) is 44.1 Å². The summed E-state index contributed by atoms with van der Waals surface area (Å²) in [5.41, 5.74) is 3.40. The summed E-state index contributed by atoms with van der Waals surface area (Å²) < 4.78 is 0. The fourth-order valence-electron chi connectivity index (χ4n) is 5.68. The fourth-order valence-corrected chi connectivity index (χ4v) is 5.68. The van der Waals surface area contributed by atoms with Crippen molar-refractivity contribution in [1.29, 1.82) is 0 Å². The molecule has 21 heavy (non-hydrogen) atoms. The van der Waals surface area contributed by atoms with Crippen LogP contribution in [0.4, 0.5) is 11.4 Å². The first-order valence-corrected chi connectivity index (χ1v) is 8.12. The summed E-state index contributed by atoms with van der Waals surface area (Å²) in [6.07, 6.45) is 10.1. The predicted octanol–water partition coefficient (Wildman–Crippen LogP) is 4.16. The third-order valence-corrected chi connectivity index (χ3v) is 6.08. The van der Waals surface area contributed by atoms with Gasteiger partial charge in [-0.25, -0.2) is 4.79 Å². The Morgan fingerprint density at radius 3 is 2.29 bits per heavy atom. The third-order valence-electron chi connectivity index (χ3n) is 6.08. The van der Waals surface area contributed by atoms with E-state index in [4.69, 9.17) is 0 Å². The molecule has 3 nitrogen and oxygen atoms in total. The van der Waals surface area contributed by atoms with Crippen molar-refractivity contribution in [3.63, 3.8) is 0 Å². The Bertz CT molecular complexity index is 580. The topological polar surface area (TPSA) is 41.5 Å². The Hall–Kier alpha value is -1.60. The van der Waals surface area contributed by atoms with Gasteiger partial charge < -0.3 is 5.32 Å². The Morgan fingerprint density at radius 2 is 1.76 bits per heavy atom. The van der Waals surface area contributed by atoms with Crippen LogP contribution in [0.1, 0.15) is 44.1 Å². The zero-order valence-corrected chi connectivity index (χ0v) is 12.6. The highest BCUT2D eigenvalue weighted by atomic mass is 16.1. The minimum Gasteiger partial charge on any atom is -0.386 e. The molecule has 110 valence electrons. The van der Waals surface area contributed by atoms with Gasteiger partial charge in [0.2, 0.25) is 6.08 Å². The summed E-state index contributed by atoms with van der Waals surface area (Å²) in [5.74, 6) is 2.79. The number of anilines is 1. The summed E-state index contributed by atoms with van der Waals surface area (Å²) in [5, 5.41) is 3.11. The molecule has 0 amide bonds. The second kappa shape index (κ2) is 4.71. The van der Waals surface area contributed by atoms with Crippen LogP contribution in [0.15, 0.2) is 23.2 Å². The summed E-state index contributed by atoms with van der Waals surface area (Å²) in [6, 6.07) is 6.46. The van der Waals surface area contributed by atoms with Crippen LogP contribution < -0.4 is 5.32 Å². The molecule has 0 heterocycles. The molecular formula is C18H22N2O. The standard InChI is InChI=1S/C18H22N2O/c1-19-16-3-2-15(7-17(16)20-11-21)18-8-12-4-13(9-18)6-14(5-12)10-18/h2-3,7,12-14,19H,4-6,8-10H2,1H3. The van der Waals surface area contributed by atoms with Crippen LogP contribution in [0.25, 0.3) is 0 Å². The van der Waals surface area contributed by atoms with E-state index in [9.17, 15) is 4.79 Å². The van der Waals surface area contributed by atoms with E-state index in [0.717, 1.165) is 29.1 Å². The molecule has 1 N–H and O–H groups in total. The van der Waals surface area contributed by atoms with Crippen molar-refractivity contribution < 1.29 is 4.79 Å². The van der Waals surface area contributed by atoms with Crippen molar-refractivity contribution in [2.75, 3.05) is 12.4 Å². The minimum absolute atomic E-state index is 0.355. The molecule has 0 saturated heterocycles. The van der Waals surface area contributed by atoms with Gasteiger partial charge in [0.05, 0.1) is 11.4 Å². The first kappa shape index (κ1) is 13.1. The van der Waals surface area contributed by atoms with E-state index in [1.807, 2.05) is 7.05 Å². The van der Waals surface area contributed by atoms with Gasteiger partial charge >= 0.3 is 0 Å². The van der Waals surface area contributed by atoms with Gasteiger partial charge in [-0.1, -0.05) is 6.07 Å². The maximum Gasteiger partial charge on any atom is 0.240 e. The van der Waals surface area contributed by atoms with Gasteiger partial charge in [0.25, 0.3) is 0 Å². The van der Waals surface area contributed by atoms with E-state index in [1.54, 1.807) is 6.08 Å². The summed E-state index contributed by atoms with van der Waals surface area (Å²) in [4.78, 5) is 14.6. The quantitative estimate of drug-likeness (QED) is 0.668. The Morgan fingerprint density at radius 1 is 1.14 bits per heavy atom. The van der Waals surface area contributed by atoms with E-state index in [0.29, 0.717) is 5.41 Å². The summed E-state index contributed by atoms with van der Waals surface area (Å²) in [7, 11) is 1.86. The lowest BCUT2D eigenvalue weighted by Crippen LogP contribution is -2.48. The second-order valence-electron chi connectivity index (χ2n) is 7.38. The van der Waals surface area contributed by atoms with Gasteiger partial charge in [-0.05, 0) is 79.4 Å². The van der Waals surface area contributed by atoms with Gasteiger partial charge in [0.15, 0.2) is 0 Å². The summed E-state index contributed by atoms with van der Waals surface area (Å²) in [6.45, 7) is 0. The zero-order valence-electron chi connectivity index (χ0n) is 12.6. The maximum atomic E-state index is 10.7. The number of isocyanates is 1. The smallest absolute Gasteiger partial charge is 0.240 e. The molecular weight excluding hydrogens is 260 g/mol. The highest BCUT2D eigenvalue weighted by molar-refractivity contribution is 5.69.